The van der Waals surface area contributed by atoms with E-state index >= 15 is 0 Å². The highest BCUT2D eigenvalue weighted by Crippen LogP contribution is 2.21. The van der Waals surface area contributed by atoms with Crippen LogP contribution >= 0.6 is 0 Å². The Labute approximate surface area is 112 Å². The molecule has 98 valence electrons. The van der Waals surface area contributed by atoms with E-state index in [1.807, 2.05) is 26.0 Å². The van der Waals surface area contributed by atoms with Gasteiger partial charge in [-0.25, -0.2) is 4.39 Å². The van der Waals surface area contributed by atoms with E-state index in [4.69, 9.17) is 0 Å². The van der Waals surface area contributed by atoms with Crippen LogP contribution in [0, 0.1) is 5.82 Å². The van der Waals surface area contributed by atoms with Crippen molar-refractivity contribution in [1.29, 1.82) is 0 Å². The highest BCUT2D eigenvalue weighted by Gasteiger charge is 2.12. The van der Waals surface area contributed by atoms with Crippen LogP contribution in [-0.4, -0.2) is 0 Å². The molecule has 0 amide bonds. The number of benzene rings is 1. The van der Waals surface area contributed by atoms with E-state index in [0.717, 1.165) is 12.0 Å². The van der Waals surface area contributed by atoms with Crippen LogP contribution in [0.25, 0.3) is 11.1 Å². The Morgan fingerprint density at radius 3 is 2.21 bits per heavy atom. The molecule has 2 heteroatoms. The van der Waals surface area contributed by atoms with Gasteiger partial charge in [0.25, 0.3) is 0 Å². The second-order valence-electron chi connectivity index (χ2n) is 4.71. The van der Waals surface area contributed by atoms with Gasteiger partial charge in [-0.1, -0.05) is 56.3 Å². The first kappa shape index (κ1) is 13.5. The maximum Gasteiger partial charge on any atom is 0.189 e. The fraction of sp³-hybridized carbons (Fsp3) is 0.235. The molecule has 0 aromatic heterocycles. The predicted octanol–water partition coefficient (Wildman–Crippen LogP) is 4.37. The smallest absolute Gasteiger partial charge is 0.189 e. The van der Waals surface area contributed by atoms with Gasteiger partial charge < -0.3 is 0 Å². The fourth-order valence-corrected chi connectivity index (χ4v) is 2.12. The van der Waals surface area contributed by atoms with Crippen molar-refractivity contribution in [3.63, 3.8) is 0 Å². The standard InChI is InChI=1S/C17H17FO/c1-3-12(2)13-8-4-5-10-15(17(13)19)14-9-6-7-11-16(14)18/h4-12H,3H2,1-2H3. The van der Waals surface area contributed by atoms with Gasteiger partial charge in [-0.2, -0.15) is 0 Å². The molecular weight excluding hydrogens is 239 g/mol. The van der Waals surface area contributed by atoms with Gasteiger partial charge in [0.15, 0.2) is 5.43 Å². The summed E-state index contributed by atoms with van der Waals surface area (Å²) in [4.78, 5) is 12.6. The molecule has 0 fully saturated rings. The van der Waals surface area contributed by atoms with Crippen LogP contribution in [-0.2, 0) is 0 Å². The summed E-state index contributed by atoms with van der Waals surface area (Å²) in [6.07, 6.45) is 0.885. The van der Waals surface area contributed by atoms with Crippen molar-refractivity contribution < 1.29 is 4.39 Å². The average molecular weight is 256 g/mol. The average Bonchev–Trinajstić information content (AvgIpc) is 2.61. The SMILES string of the molecule is CCC(C)c1ccccc(-c2ccccc2F)c1=O. The molecule has 0 saturated carbocycles. The van der Waals surface area contributed by atoms with E-state index in [0.29, 0.717) is 11.1 Å². The highest BCUT2D eigenvalue weighted by atomic mass is 19.1. The second kappa shape index (κ2) is 5.79. The van der Waals surface area contributed by atoms with Crippen LogP contribution in [0.5, 0.6) is 0 Å². The van der Waals surface area contributed by atoms with Crippen LogP contribution in [0.15, 0.2) is 53.3 Å². The minimum atomic E-state index is -0.360. The van der Waals surface area contributed by atoms with Crippen molar-refractivity contribution in [3.8, 4) is 11.1 Å². The van der Waals surface area contributed by atoms with Gasteiger partial charge in [-0.05, 0) is 18.4 Å². The van der Waals surface area contributed by atoms with Crippen LogP contribution in [0.2, 0.25) is 0 Å². The minimum Gasteiger partial charge on any atom is -0.289 e. The zero-order valence-electron chi connectivity index (χ0n) is 11.2. The zero-order chi connectivity index (χ0) is 13.8. The summed E-state index contributed by atoms with van der Waals surface area (Å²) in [6, 6.07) is 13.5. The quantitative estimate of drug-likeness (QED) is 0.797. The Balaban J connectivity index is 2.70. The van der Waals surface area contributed by atoms with Crippen molar-refractivity contribution in [2.75, 3.05) is 0 Å². The third-order valence-electron chi connectivity index (χ3n) is 3.46. The first-order valence-corrected chi connectivity index (χ1v) is 6.53. The first-order valence-electron chi connectivity index (χ1n) is 6.53. The van der Waals surface area contributed by atoms with Crippen molar-refractivity contribution in [3.05, 3.63) is 70.1 Å². The molecule has 2 aromatic carbocycles. The molecule has 1 nitrogen and oxygen atoms in total. The van der Waals surface area contributed by atoms with E-state index in [1.165, 1.54) is 6.07 Å². The lowest BCUT2D eigenvalue weighted by Gasteiger charge is -2.07. The molecule has 1 atom stereocenters. The normalized spacial score (nSPS) is 12.2. The van der Waals surface area contributed by atoms with Crippen LogP contribution < -0.4 is 5.43 Å². The number of halogens is 1. The Morgan fingerprint density at radius 2 is 1.58 bits per heavy atom. The van der Waals surface area contributed by atoms with E-state index in [-0.39, 0.29) is 17.2 Å². The van der Waals surface area contributed by atoms with E-state index in [1.54, 1.807) is 30.3 Å². The van der Waals surface area contributed by atoms with E-state index in [2.05, 4.69) is 0 Å². The predicted molar refractivity (Wildman–Crippen MR) is 76.8 cm³/mol. The lowest BCUT2D eigenvalue weighted by atomic mass is 9.97. The number of hydrogen-bond donors (Lipinski definition) is 0. The van der Waals surface area contributed by atoms with Crippen LogP contribution in [0.3, 0.4) is 0 Å². The fourth-order valence-electron chi connectivity index (χ4n) is 2.12. The third kappa shape index (κ3) is 2.73. The van der Waals surface area contributed by atoms with Crippen molar-refractivity contribution in [2.24, 2.45) is 0 Å². The third-order valence-corrected chi connectivity index (χ3v) is 3.46. The summed E-state index contributed by atoms with van der Waals surface area (Å²) in [6.45, 7) is 4.06. The lowest BCUT2D eigenvalue weighted by molar-refractivity contribution is 0.631. The monoisotopic (exact) mass is 256 g/mol. The summed E-state index contributed by atoms with van der Waals surface area (Å²) >= 11 is 0. The molecule has 0 saturated heterocycles. The van der Waals surface area contributed by atoms with Crippen LogP contribution in [0.1, 0.15) is 31.7 Å². The largest absolute Gasteiger partial charge is 0.289 e. The minimum absolute atomic E-state index is 0.0792. The molecule has 2 aromatic rings. The van der Waals surface area contributed by atoms with Crippen molar-refractivity contribution in [1.82, 2.24) is 0 Å². The number of rotatable bonds is 3. The zero-order valence-corrected chi connectivity index (χ0v) is 11.2. The molecule has 2 rings (SSSR count). The summed E-state index contributed by atoms with van der Waals surface area (Å²) in [5.41, 5.74) is 1.46. The summed E-state index contributed by atoms with van der Waals surface area (Å²) in [5, 5.41) is 0. The maximum atomic E-state index is 13.9. The molecule has 1 unspecified atom stereocenters. The molecule has 0 aliphatic heterocycles. The number of hydrogen-bond acceptors (Lipinski definition) is 1. The van der Waals surface area contributed by atoms with Gasteiger partial charge in [0.1, 0.15) is 5.82 Å². The van der Waals surface area contributed by atoms with Gasteiger partial charge in [0.2, 0.25) is 0 Å². The molecule has 0 bridgehead atoms. The Kier molecular flexibility index (Phi) is 4.10. The van der Waals surface area contributed by atoms with E-state index < -0.39 is 0 Å². The van der Waals surface area contributed by atoms with Gasteiger partial charge in [-0.3, -0.25) is 4.79 Å². The van der Waals surface area contributed by atoms with Gasteiger partial charge in [0.05, 0.1) is 0 Å². The van der Waals surface area contributed by atoms with Crippen molar-refractivity contribution >= 4 is 0 Å². The summed E-state index contributed by atoms with van der Waals surface area (Å²) in [5.74, 6) is -0.189. The molecule has 0 spiro atoms. The first-order chi connectivity index (χ1) is 9.15. The van der Waals surface area contributed by atoms with Crippen molar-refractivity contribution in [2.45, 2.75) is 26.2 Å². The molecule has 0 heterocycles. The Morgan fingerprint density at radius 1 is 1.00 bits per heavy atom. The summed E-state index contributed by atoms with van der Waals surface area (Å²) < 4.78 is 13.9. The lowest BCUT2D eigenvalue weighted by Crippen LogP contribution is -2.11. The maximum absolute atomic E-state index is 13.9. The topological polar surface area (TPSA) is 17.1 Å². The molecule has 0 radical (unpaired) electrons. The van der Waals surface area contributed by atoms with Gasteiger partial charge >= 0.3 is 0 Å². The Bertz CT molecular complexity index is 634. The highest BCUT2D eigenvalue weighted by molar-refractivity contribution is 5.64. The second-order valence-corrected chi connectivity index (χ2v) is 4.71. The molecular formula is C17H17FO. The molecule has 0 aliphatic carbocycles. The summed E-state index contributed by atoms with van der Waals surface area (Å²) in [7, 11) is 0. The van der Waals surface area contributed by atoms with Gasteiger partial charge in [-0.15, -0.1) is 0 Å². The molecule has 19 heavy (non-hydrogen) atoms. The molecule has 0 aliphatic rings. The van der Waals surface area contributed by atoms with Crippen LogP contribution in [0.4, 0.5) is 4.39 Å². The Hall–Kier alpha value is -1.96. The van der Waals surface area contributed by atoms with E-state index in [9.17, 15) is 9.18 Å². The molecule has 0 N–H and O–H groups in total. The van der Waals surface area contributed by atoms with Gasteiger partial charge in [0, 0.05) is 16.7 Å².